The molecule has 0 aliphatic rings. The van der Waals surface area contributed by atoms with E-state index in [0.29, 0.717) is 0 Å². The predicted octanol–water partition coefficient (Wildman–Crippen LogP) is 7.16. The highest BCUT2D eigenvalue weighted by atomic mass is 16.3. The van der Waals surface area contributed by atoms with Gasteiger partial charge in [-0.2, -0.15) is 0 Å². The Labute approximate surface area is 240 Å². The van der Waals surface area contributed by atoms with Crippen LogP contribution in [0.4, 0.5) is 0 Å². The van der Waals surface area contributed by atoms with Crippen molar-refractivity contribution < 1.29 is 19.8 Å². The Morgan fingerprint density at radius 2 is 0.750 bits per heavy atom. The van der Waals surface area contributed by atoms with Gasteiger partial charge in [0, 0.05) is 34.4 Å². The van der Waals surface area contributed by atoms with Gasteiger partial charge in [-0.15, -0.1) is 0 Å². The molecule has 4 N–H and O–H groups in total. The Morgan fingerprint density at radius 3 is 0.950 bits per heavy atom. The van der Waals surface area contributed by atoms with E-state index in [1.807, 2.05) is 107 Å². The minimum absolute atomic E-state index is 0.276. The number of hydrogen-bond donors (Lipinski definition) is 4. The third-order valence-electron chi connectivity index (χ3n) is 6.66. The lowest BCUT2D eigenvalue weighted by Crippen LogP contribution is -2.39. The summed E-state index contributed by atoms with van der Waals surface area (Å²) in [4.78, 5) is 24.9. The van der Waals surface area contributed by atoms with Crippen LogP contribution in [-0.2, 0) is 31.2 Å². The smallest absolute Gasteiger partial charge is 0.262 e. The molecule has 2 aromatic carbocycles. The number of aromatic hydroxyl groups is 2. The van der Waals surface area contributed by atoms with Crippen LogP contribution >= 0.6 is 0 Å². The van der Waals surface area contributed by atoms with E-state index in [1.54, 1.807) is 12.2 Å². The number of carbonyl (C=O) groups excluding carboxylic acids is 2. The fourth-order valence-electron chi connectivity index (χ4n) is 4.34. The molecule has 0 fully saturated rings. The maximum atomic E-state index is 12.5. The Bertz CT molecular complexity index is 1150. The summed E-state index contributed by atoms with van der Waals surface area (Å²) >= 11 is 0. The molecule has 2 rings (SSSR count). The number of hydrazine groups is 1. The normalized spacial score (nSPS) is 13.2. The van der Waals surface area contributed by atoms with Gasteiger partial charge in [-0.3, -0.25) is 20.4 Å². The van der Waals surface area contributed by atoms with Crippen LogP contribution in [0.2, 0.25) is 0 Å². The molecule has 0 spiro atoms. The van der Waals surface area contributed by atoms with Crippen LogP contribution in [0.25, 0.3) is 12.2 Å². The molecule has 0 bridgehead atoms. The van der Waals surface area contributed by atoms with Crippen molar-refractivity contribution in [3.8, 4) is 11.5 Å². The Hall–Kier alpha value is -3.54. The van der Waals surface area contributed by atoms with E-state index in [4.69, 9.17) is 0 Å². The van der Waals surface area contributed by atoms with Crippen molar-refractivity contribution in [3.63, 3.8) is 0 Å². The third-order valence-corrected chi connectivity index (χ3v) is 6.66. The van der Waals surface area contributed by atoms with Gasteiger partial charge in [-0.1, -0.05) is 83.1 Å². The van der Waals surface area contributed by atoms with Gasteiger partial charge in [-0.25, -0.2) is 0 Å². The number of phenolic OH excluding ortho intramolecular Hbond substituents is 2. The van der Waals surface area contributed by atoms with Crippen LogP contribution in [0.3, 0.4) is 0 Å². The zero-order chi connectivity index (χ0) is 30.8. The fraction of sp³-hybridized carbons (Fsp3) is 0.471. The van der Waals surface area contributed by atoms with Gasteiger partial charge < -0.3 is 10.2 Å². The number of hydrogen-bond acceptors (Lipinski definition) is 4. The van der Waals surface area contributed by atoms with E-state index in [9.17, 15) is 19.8 Å². The standard InChI is InChI=1S/C34H48N2O4/c1-31(2,3)23-17-21(18-24(29(23)39)32(4,5)6)13-15-27(37)35-36-28(38)16-14-22-19-25(33(7,8)9)30(40)26(20-22)34(10,11)12/h13-20,39-40H,1-12H3,(H,35,37)(H,36,38)/b15-13+,16-14+. The summed E-state index contributed by atoms with van der Waals surface area (Å²) in [5, 5.41) is 21.8. The summed E-state index contributed by atoms with van der Waals surface area (Å²) in [5.74, 6) is -0.421. The highest BCUT2D eigenvalue weighted by Gasteiger charge is 2.27. The van der Waals surface area contributed by atoms with Crippen LogP contribution in [-0.4, -0.2) is 22.0 Å². The number of amides is 2. The van der Waals surface area contributed by atoms with Crippen molar-refractivity contribution in [2.24, 2.45) is 0 Å². The maximum absolute atomic E-state index is 12.5. The Morgan fingerprint density at radius 1 is 0.525 bits per heavy atom. The van der Waals surface area contributed by atoms with Crippen molar-refractivity contribution >= 4 is 24.0 Å². The lowest BCUT2D eigenvalue weighted by atomic mass is 9.78. The quantitative estimate of drug-likeness (QED) is 0.241. The topological polar surface area (TPSA) is 98.7 Å². The van der Waals surface area contributed by atoms with Crippen LogP contribution < -0.4 is 10.9 Å². The third kappa shape index (κ3) is 8.48. The number of rotatable bonds is 4. The van der Waals surface area contributed by atoms with Crippen molar-refractivity contribution in [2.75, 3.05) is 0 Å². The van der Waals surface area contributed by atoms with Crippen molar-refractivity contribution in [1.29, 1.82) is 0 Å². The van der Waals surface area contributed by atoms with Gasteiger partial charge in [0.25, 0.3) is 11.8 Å². The molecule has 40 heavy (non-hydrogen) atoms. The highest BCUT2D eigenvalue weighted by molar-refractivity contribution is 5.96. The molecule has 0 aliphatic heterocycles. The zero-order valence-electron chi connectivity index (χ0n) is 26.3. The summed E-state index contributed by atoms with van der Waals surface area (Å²) in [6.07, 6.45) is 6.03. The van der Waals surface area contributed by atoms with E-state index in [-0.39, 0.29) is 33.2 Å². The van der Waals surface area contributed by atoms with Gasteiger partial charge in [-0.05, 0) is 69.2 Å². The SMILES string of the molecule is CC(C)(C)c1cc(/C=C/C(=O)NNC(=O)/C=C/c2cc(C(C)(C)C)c(O)c(C(C)(C)C)c2)cc(C(C)(C)C)c1O. The summed E-state index contributed by atoms with van der Waals surface area (Å²) in [7, 11) is 0. The predicted molar refractivity (Wildman–Crippen MR) is 165 cm³/mol. The first-order valence-corrected chi connectivity index (χ1v) is 13.7. The molecule has 0 unspecified atom stereocenters. The minimum Gasteiger partial charge on any atom is -0.507 e. The van der Waals surface area contributed by atoms with Crippen LogP contribution in [0, 0.1) is 0 Å². The lowest BCUT2D eigenvalue weighted by molar-refractivity contribution is -0.123. The summed E-state index contributed by atoms with van der Waals surface area (Å²) in [5.41, 5.74) is 8.46. The molecule has 0 aliphatic carbocycles. The monoisotopic (exact) mass is 548 g/mol. The molecule has 0 aromatic heterocycles. The molecular weight excluding hydrogens is 500 g/mol. The zero-order valence-corrected chi connectivity index (χ0v) is 26.3. The van der Waals surface area contributed by atoms with Gasteiger partial charge in [0.15, 0.2) is 0 Å². The second kappa shape index (κ2) is 11.5. The highest BCUT2D eigenvalue weighted by Crippen LogP contribution is 2.41. The van der Waals surface area contributed by atoms with Crippen LogP contribution in [0.1, 0.15) is 116 Å². The summed E-state index contributed by atoms with van der Waals surface area (Å²) in [6.45, 7) is 24.4. The molecule has 6 nitrogen and oxygen atoms in total. The summed E-state index contributed by atoms with van der Waals surface area (Å²) in [6, 6.07) is 7.52. The second-order valence-corrected chi connectivity index (χ2v) is 14.6. The first-order valence-electron chi connectivity index (χ1n) is 13.7. The lowest BCUT2D eigenvalue weighted by Gasteiger charge is -2.28. The maximum Gasteiger partial charge on any atom is 0.262 e. The average molecular weight is 549 g/mol. The molecule has 0 atom stereocenters. The summed E-state index contributed by atoms with van der Waals surface area (Å²) < 4.78 is 0. The number of carbonyl (C=O) groups is 2. The van der Waals surface area contributed by atoms with E-state index < -0.39 is 11.8 Å². The molecule has 2 aromatic rings. The Balaban J connectivity index is 2.19. The molecule has 6 heteroatoms. The average Bonchev–Trinajstić information content (AvgIpc) is 2.78. The Kier molecular flexibility index (Phi) is 9.41. The number of phenols is 2. The van der Waals surface area contributed by atoms with E-state index in [1.165, 1.54) is 12.2 Å². The second-order valence-electron chi connectivity index (χ2n) is 14.6. The molecule has 0 heterocycles. The molecule has 218 valence electrons. The fourth-order valence-corrected chi connectivity index (χ4v) is 4.34. The van der Waals surface area contributed by atoms with Crippen molar-refractivity contribution in [3.05, 3.63) is 69.8 Å². The van der Waals surface area contributed by atoms with Gasteiger partial charge in [0.2, 0.25) is 0 Å². The van der Waals surface area contributed by atoms with Crippen molar-refractivity contribution in [1.82, 2.24) is 10.9 Å². The van der Waals surface area contributed by atoms with E-state index in [2.05, 4.69) is 10.9 Å². The largest absolute Gasteiger partial charge is 0.507 e. The van der Waals surface area contributed by atoms with E-state index in [0.717, 1.165) is 33.4 Å². The van der Waals surface area contributed by atoms with Gasteiger partial charge >= 0.3 is 0 Å². The first-order chi connectivity index (χ1) is 18.0. The van der Waals surface area contributed by atoms with Gasteiger partial charge in [0.05, 0.1) is 0 Å². The molecule has 0 radical (unpaired) electrons. The van der Waals surface area contributed by atoms with E-state index >= 15 is 0 Å². The molecule has 0 saturated heterocycles. The molecule has 0 saturated carbocycles. The van der Waals surface area contributed by atoms with Gasteiger partial charge in [0.1, 0.15) is 11.5 Å². The molecule has 2 amide bonds. The van der Waals surface area contributed by atoms with Crippen molar-refractivity contribution in [2.45, 2.75) is 105 Å². The minimum atomic E-state index is -0.487. The molecular formula is C34H48N2O4. The number of nitrogens with one attached hydrogen (secondary N) is 2. The van der Waals surface area contributed by atoms with Crippen LogP contribution in [0.15, 0.2) is 36.4 Å². The first kappa shape index (κ1) is 32.7. The number of benzene rings is 2. The van der Waals surface area contributed by atoms with Crippen LogP contribution in [0.5, 0.6) is 11.5 Å².